The van der Waals surface area contributed by atoms with E-state index < -0.39 is 23.2 Å². The minimum Gasteiger partial charge on any atom is -0.468 e. The van der Waals surface area contributed by atoms with E-state index in [0.29, 0.717) is 83.9 Å². The Hall–Kier alpha value is -5.27. The number of ether oxygens (including phenoxy) is 2. The van der Waals surface area contributed by atoms with Crippen LogP contribution in [0.5, 0.6) is 0 Å². The van der Waals surface area contributed by atoms with Crippen molar-refractivity contribution >= 4 is 58.2 Å². The van der Waals surface area contributed by atoms with Crippen LogP contribution in [0.2, 0.25) is 0 Å². The molecule has 0 aliphatic rings. The van der Waals surface area contributed by atoms with Crippen LogP contribution in [-0.4, -0.2) is 283 Å². The van der Waals surface area contributed by atoms with Crippen molar-refractivity contribution in [2.24, 2.45) is 76.9 Å². The number of rotatable bonds is 54. The highest BCUT2D eigenvalue weighted by atomic mass is 16.5. The molecular formula is C101H218N16O16. The molecule has 0 amide bonds. The molecule has 0 saturated heterocycles. The van der Waals surface area contributed by atoms with Gasteiger partial charge in [0.1, 0.15) is 46.8 Å². The van der Waals surface area contributed by atoms with Crippen molar-refractivity contribution < 1.29 is 77.8 Å². The maximum absolute atomic E-state index is 11.5. The zero-order valence-corrected chi connectivity index (χ0v) is 93.1. The highest BCUT2D eigenvalue weighted by molar-refractivity contribution is 5.88. The van der Waals surface area contributed by atoms with E-state index in [1.54, 1.807) is 62.3 Å². The van der Waals surface area contributed by atoms with E-state index in [-0.39, 0.29) is 127 Å². The summed E-state index contributed by atoms with van der Waals surface area (Å²) in [6.07, 6.45) is 0.741. The van der Waals surface area contributed by atoms with Gasteiger partial charge in [0, 0.05) is 6.42 Å². The highest BCUT2D eigenvalue weighted by Crippen LogP contribution is 2.10. The van der Waals surface area contributed by atoms with Crippen molar-refractivity contribution in [2.75, 3.05) is 119 Å². The number of hydrogen-bond acceptors (Lipinski definition) is 31. The SMILES string of the molecule is C.CC(=O)C(C)(C)NCC(C)C.CC(=O)[C@@H](C)NCC(C)C.CC(=O)[C@@H](NCC(C)C)C(C)O.CC(=O)[C@H](C)NCC(C)C.CC(=O)[C@H](CO)NCC(C)C.CC(=O)[C@](C)(CO)NCC(C)C.CC(C)CNCC(C)C.CC(C)CNCc1nn[nH]n1.CCC(=O)[C@](C)(CO)NCC(C)C.CC[C@@H](NCC(C)C)C(C)=O.COC(=O)[C@@H](C)NCC(C)C.COC(=O)[C@H](C)NCC(C)C. The second-order valence-electron chi connectivity index (χ2n) is 40.6. The molecule has 1 aromatic heterocycles. The van der Waals surface area contributed by atoms with Gasteiger partial charge in [-0.05, 0) is 279 Å². The molecule has 0 radical (unpaired) electrons. The molecule has 0 bridgehead atoms. The second-order valence-corrected chi connectivity index (χ2v) is 40.6. The summed E-state index contributed by atoms with van der Waals surface area (Å²) in [6.45, 7) is 98.2. The van der Waals surface area contributed by atoms with E-state index in [9.17, 15) is 53.1 Å². The topological polar surface area (TPSA) is 469 Å². The number of esters is 2. The zero-order valence-electron chi connectivity index (χ0n) is 93.1. The van der Waals surface area contributed by atoms with Gasteiger partial charge in [-0.25, -0.2) is 0 Å². The summed E-state index contributed by atoms with van der Waals surface area (Å²) in [5.41, 5.74) is -1.87. The van der Waals surface area contributed by atoms with Crippen LogP contribution < -0.4 is 63.8 Å². The molecule has 1 heterocycles. The van der Waals surface area contributed by atoms with Crippen LogP contribution in [-0.2, 0) is 64.0 Å². The lowest BCUT2D eigenvalue weighted by molar-refractivity contribution is -0.143. The van der Waals surface area contributed by atoms with Gasteiger partial charge >= 0.3 is 11.9 Å². The lowest BCUT2D eigenvalue weighted by Crippen LogP contribution is -2.53. The molecule has 133 heavy (non-hydrogen) atoms. The van der Waals surface area contributed by atoms with Gasteiger partial charge in [-0.3, -0.25) is 47.9 Å². The number of aromatic nitrogens is 4. The third-order valence-corrected chi connectivity index (χ3v) is 18.8. The minimum absolute atomic E-state index is 0. The van der Waals surface area contributed by atoms with Crippen LogP contribution in [0.4, 0.5) is 0 Å². The summed E-state index contributed by atoms with van der Waals surface area (Å²) < 4.78 is 9.09. The fourth-order valence-electron chi connectivity index (χ4n) is 8.90. The average molecular weight is 1910 g/mol. The molecule has 0 aromatic carbocycles. The Balaban J connectivity index is -0.000000120. The molecule has 1 unspecified atom stereocenters. The van der Waals surface area contributed by atoms with E-state index in [2.05, 4.69) is 274 Å². The minimum atomic E-state index is -0.760. The molecule has 0 saturated carbocycles. The number of methoxy groups -OCH3 is 2. The van der Waals surface area contributed by atoms with Crippen molar-refractivity contribution in [2.45, 2.75) is 396 Å². The molecule has 1 rings (SSSR count). The lowest BCUT2D eigenvalue weighted by Gasteiger charge is -2.27. The van der Waals surface area contributed by atoms with Crippen LogP contribution in [0.25, 0.3) is 0 Å². The van der Waals surface area contributed by atoms with Crippen LogP contribution in [0.1, 0.15) is 331 Å². The van der Waals surface area contributed by atoms with Crippen molar-refractivity contribution in [3.8, 4) is 0 Å². The van der Waals surface area contributed by atoms with Crippen LogP contribution in [0.15, 0.2) is 0 Å². The molecule has 0 spiro atoms. The van der Waals surface area contributed by atoms with E-state index >= 15 is 0 Å². The summed E-state index contributed by atoms with van der Waals surface area (Å²) in [4.78, 5) is 109. The number of nitrogens with zero attached hydrogens (tertiary/aromatic N) is 3. The van der Waals surface area contributed by atoms with Crippen LogP contribution >= 0.6 is 0 Å². The first-order valence-corrected chi connectivity index (χ1v) is 48.7. The summed E-state index contributed by atoms with van der Waals surface area (Å²) >= 11 is 0. The third-order valence-electron chi connectivity index (χ3n) is 18.8. The second kappa shape index (κ2) is 94.3. The number of hydrogen-bond donors (Lipinski definition) is 17. The number of tetrazole rings is 1. The number of aliphatic hydroxyl groups is 4. The van der Waals surface area contributed by atoms with Gasteiger partial charge in [0.25, 0.3) is 0 Å². The standard InChI is InChI=1S/C10H21NO2.2C9H19NO2.2C9H19NO.3C8H17NO2.2C8H17NO.C8H19N.C6H13N5.CH4/c1-5-9(13)10(4,7-12)11-6-8(2)3;1-7(2)5-10-9(4,6-11)8(3)12;1-6(2)5-10-9(7(3)11)8(4)12;1-7(2)6-10-9(4,5)8(3)11;1-5-9(8(4)11)10-6-7(2)3;2*1-6(2)5-9-7(3)8(10)11-4;1-6(2)4-9-8(5-10)7(3)11;2*1-6(2)5-9-7(3)8(4)10;1-7(2)5-9-6-8(3)4;1-5(2)3-7-4-6-8-10-11-9-6;/h8,11-12H,5-7H2,1-4H3;7,10-11H,5-6H2,1-4H3;6-7,9-11H,5H2,1-4H3;7,10H,6H2,1-5H3;7,9-10H,5-6H2,1-4H3;2*6-7,9H,5H2,1-4H3;6,8-10H,4-5H2,1-3H3;2*6-7,9H,5H2,1-4H3;7-9H,5-6H2,1-4H3;5,7H,3-4H2,1-2H3,(H,8,9,10,11);1H4/t10-;9-;7?,9-;;9-;2*7-;8-;2*7-;;;/m000.110010.../s1. The van der Waals surface area contributed by atoms with Gasteiger partial charge in [-0.1, -0.05) is 207 Å². The molecule has 0 aliphatic heterocycles. The number of H-pyrrole nitrogens is 1. The first-order chi connectivity index (χ1) is 60.5. The monoisotopic (exact) mass is 1910 g/mol. The summed E-state index contributed by atoms with van der Waals surface area (Å²) in [6, 6.07) is -1.07. The predicted molar refractivity (Wildman–Crippen MR) is 556 cm³/mol. The van der Waals surface area contributed by atoms with E-state index in [4.69, 9.17) is 15.3 Å². The Morgan fingerprint density at radius 3 is 0.872 bits per heavy atom. The smallest absolute Gasteiger partial charge is 0.322 e. The van der Waals surface area contributed by atoms with Crippen molar-refractivity contribution in [1.29, 1.82) is 0 Å². The Bertz CT molecular complexity index is 2820. The maximum atomic E-state index is 11.5. The number of Topliss-reactive ketones (excluding diaryl/α,β-unsaturated/α-hetero) is 8. The molecule has 17 N–H and O–H groups in total. The summed E-state index contributed by atoms with van der Waals surface area (Å²) in [5, 5.41) is 87.0. The third kappa shape index (κ3) is 112. The quantitative estimate of drug-likeness (QED) is 0.0269. The van der Waals surface area contributed by atoms with Crippen LogP contribution in [0.3, 0.4) is 0 Å². The molecule has 32 heteroatoms. The molecule has 0 fully saturated rings. The summed E-state index contributed by atoms with van der Waals surface area (Å²) in [7, 11) is 2.80. The number of ketones is 8. The Labute approximate surface area is 814 Å². The summed E-state index contributed by atoms with van der Waals surface area (Å²) in [5.74, 6) is 8.91. The lowest BCUT2D eigenvalue weighted by atomic mass is 9.95. The van der Waals surface area contributed by atoms with E-state index in [1.807, 2.05) is 41.5 Å². The van der Waals surface area contributed by atoms with Crippen molar-refractivity contribution in [3.63, 3.8) is 0 Å². The molecule has 32 nitrogen and oxygen atoms in total. The number of aliphatic hydroxyl groups excluding tert-OH is 4. The van der Waals surface area contributed by atoms with Gasteiger partial charge in [0.05, 0.1) is 93.5 Å². The normalized spacial score (nSPS) is 13.6. The molecule has 0 aliphatic carbocycles. The van der Waals surface area contributed by atoms with Gasteiger partial charge in [0.15, 0.2) is 17.4 Å². The molecule has 798 valence electrons. The maximum Gasteiger partial charge on any atom is 0.322 e. The van der Waals surface area contributed by atoms with Gasteiger partial charge in [-0.15, -0.1) is 10.2 Å². The number of carbonyl (C=O) groups excluding carboxylic acids is 10. The highest BCUT2D eigenvalue weighted by Gasteiger charge is 2.31. The predicted octanol–water partition coefficient (Wildman–Crippen LogP) is 12.0. The first-order valence-electron chi connectivity index (χ1n) is 48.7. The fraction of sp³-hybridized carbons (Fsp3) is 0.891. The van der Waals surface area contributed by atoms with Gasteiger partial charge < -0.3 is 93.7 Å². The van der Waals surface area contributed by atoms with Gasteiger partial charge in [-0.2, -0.15) is 5.21 Å². The van der Waals surface area contributed by atoms with Crippen molar-refractivity contribution in [1.82, 2.24) is 84.4 Å². The Kier molecular flexibility index (Phi) is 109. The molecule has 1 aromatic rings. The largest absolute Gasteiger partial charge is 0.468 e. The van der Waals surface area contributed by atoms with E-state index in [1.165, 1.54) is 35.0 Å². The van der Waals surface area contributed by atoms with E-state index in [0.717, 1.165) is 103 Å². The van der Waals surface area contributed by atoms with Crippen molar-refractivity contribution in [3.05, 3.63) is 5.82 Å². The number of carbonyl (C=O) groups is 10. The fourth-order valence-corrected chi connectivity index (χ4v) is 8.90. The molecule has 10 atom stereocenters. The number of nitrogens with one attached hydrogen (secondary N) is 13. The first kappa shape index (κ1) is 153. The molecular weight excluding hydrogens is 1690 g/mol. The van der Waals surface area contributed by atoms with Gasteiger partial charge in [0.2, 0.25) is 0 Å². The Morgan fingerprint density at radius 2 is 0.639 bits per heavy atom. The Morgan fingerprint density at radius 1 is 0.353 bits per heavy atom. The number of aromatic amines is 1. The van der Waals surface area contributed by atoms with Crippen LogP contribution in [0, 0.1) is 76.9 Å². The zero-order chi connectivity index (χ0) is 106. The average Bonchev–Trinajstić information content (AvgIpc) is 0.933.